The Kier molecular flexibility index (Phi) is 7.91. The number of nitrogen functional groups attached to an aromatic ring is 1. The maximum Gasteiger partial charge on any atom is 0.148 e. The molecule has 0 radical (unpaired) electrons. The molecular weight excluding hydrogens is 252 g/mol. The van der Waals surface area contributed by atoms with Gasteiger partial charge in [-0.25, -0.2) is 15.8 Å². The highest BCUT2D eigenvalue weighted by molar-refractivity contribution is 5.56. The molecule has 0 aliphatic heterocycles. The number of hydrogen-bond donors (Lipinski definition) is 3. The van der Waals surface area contributed by atoms with Gasteiger partial charge in [0.15, 0.2) is 0 Å². The molecule has 0 saturated heterocycles. The molecule has 0 saturated carbocycles. The van der Waals surface area contributed by atoms with Gasteiger partial charge in [0, 0.05) is 18.7 Å². The van der Waals surface area contributed by atoms with Crippen molar-refractivity contribution >= 4 is 11.6 Å². The molecule has 1 aromatic heterocycles. The Morgan fingerprint density at radius 1 is 1.10 bits per heavy atom. The average Bonchev–Trinajstić information content (AvgIpc) is 2.48. The van der Waals surface area contributed by atoms with Crippen LogP contribution in [0.2, 0.25) is 0 Å². The third kappa shape index (κ3) is 4.94. The van der Waals surface area contributed by atoms with E-state index in [0.717, 1.165) is 50.4 Å². The first-order valence-electron chi connectivity index (χ1n) is 7.53. The van der Waals surface area contributed by atoms with Crippen LogP contribution in [0.15, 0.2) is 6.33 Å². The first-order chi connectivity index (χ1) is 9.76. The number of aromatic nitrogens is 2. The summed E-state index contributed by atoms with van der Waals surface area (Å²) in [4.78, 5) is 10.9. The number of likely N-dealkylation sites (N-methyl/N-ethyl adjacent to an activating group) is 1. The number of nitrogens with zero attached hydrogens (tertiary/aromatic N) is 3. The third-order valence-corrected chi connectivity index (χ3v) is 3.29. The molecule has 0 aliphatic carbocycles. The minimum Gasteiger partial charge on any atom is -0.368 e. The molecule has 114 valence electrons. The van der Waals surface area contributed by atoms with Crippen molar-refractivity contribution in [1.82, 2.24) is 14.9 Å². The molecule has 0 aromatic carbocycles. The predicted molar refractivity (Wildman–Crippen MR) is 84.7 cm³/mol. The highest BCUT2D eigenvalue weighted by atomic mass is 15.3. The van der Waals surface area contributed by atoms with Crippen LogP contribution in [0.1, 0.15) is 39.2 Å². The molecule has 0 unspecified atom stereocenters. The summed E-state index contributed by atoms with van der Waals surface area (Å²) >= 11 is 0. The molecule has 0 atom stereocenters. The lowest BCUT2D eigenvalue weighted by atomic mass is 10.1. The van der Waals surface area contributed by atoms with Crippen LogP contribution in [0.5, 0.6) is 0 Å². The van der Waals surface area contributed by atoms with Crippen LogP contribution in [-0.4, -0.2) is 41.0 Å². The molecule has 20 heavy (non-hydrogen) atoms. The SMILES string of the molecule is CCCc1c(NN)ncnc1NCCN(CC)CCC. The number of hydrogen-bond acceptors (Lipinski definition) is 6. The first-order valence-corrected chi connectivity index (χ1v) is 7.53. The van der Waals surface area contributed by atoms with E-state index in [1.165, 1.54) is 6.42 Å². The van der Waals surface area contributed by atoms with E-state index in [2.05, 4.69) is 46.4 Å². The van der Waals surface area contributed by atoms with Gasteiger partial charge in [-0.2, -0.15) is 0 Å². The van der Waals surface area contributed by atoms with Gasteiger partial charge < -0.3 is 15.6 Å². The molecule has 1 aromatic rings. The van der Waals surface area contributed by atoms with Crippen molar-refractivity contribution in [3.05, 3.63) is 11.9 Å². The van der Waals surface area contributed by atoms with Gasteiger partial charge in [0.05, 0.1) is 0 Å². The van der Waals surface area contributed by atoms with E-state index in [4.69, 9.17) is 5.84 Å². The van der Waals surface area contributed by atoms with Gasteiger partial charge in [-0.3, -0.25) is 0 Å². The molecule has 4 N–H and O–H groups in total. The number of nitrogens with one attached hydrogen (secondary N) is 2. The Balaban J connectivity index is 2.62. The van der Waals surface area contributed by atoms with Gasteiger partial charge in [0.25, 0.3) is 0 Å². The van der Waals surface area contributed by atoms with Crippen LogP contribution < -0.4 is 16.6 Å². The van der Waals surface area contributed by atoms with Gasteiger partial charge in [-0.05, 0) is 25.9 Å². The largest absolute Gasteiger partial charge is 0.368 e. The van der Waals surface area contributed by atoms with Crippen molar-refractivity contribution in [2.75, 3.05) is 36.9 Å². The van der Waals surface area contributed by atoms with E-state index in [0.29, 0.717) is 5.82 Å². The average molecular weight is 280 g/mol. The summed E-state index contributed by atoms with van der Waals surface area (Å²) in [5, 5.41) is 3.41. The summed E-state index contributed by atoms with van der Waals surface area (Å²) in [6.45, 7) is 10.7. The van der Waals surface area contributed by atoms with Gasteiger partial charge in [-0.15, -0.1) is 0 Å². The van der Waals surface area contributed by atoms with Crippen LogP contribution in [0.3, 0.4) is 0 Å². The summed E-state index contributed by atoms with van der Waals surface area (Å²) in [6, 6.07) is 0. The smallest absolute Gasteiger partial charge is 0.148 e. The van der Waals surface area contributed by atoms with Crippen molar-refractivity contribution in [1.29, 1.82) is 0 Å². The molecule has 1 rings (SSSR count). The van der Waals surface area contributed by atoms with E-state index in [1.54, 1.807) is 6.33 Å². The highest BCUT2D eigenvalue weighted by Gasteiger charge is 2.10. The molecule has 0 spiro atoms. The van der Waals surface area contributed by atoms with E-state index in [9.17, 15) is 0 Å². The van der Waals surface area contributed by atoms with E-state index in [1.807, 2.05) is 0 Å². The minimum absolute atomic E-state index is 0.713. The van der Waals surface area contributed by atoms with E-state index in [-0.39, 0.29) is 0 Å². The highest BCUT2D eigenvalue weighted by Crippen LogP contribution is 2.20. The maximum atomic E-state index is 5.51. The zero-order chi connectivity index (χ0) is 14.8. The van der Waals surface area contributed by atoms with E-state index >= 15 is 0 Å². The van der Waals surface area contributed by atoms with Crippen LogP contribution in [0.25, 0.3) is 0 Å². The molecule has 6 nitrogen and oxygen atoms in total. The van der Waals surface area contributed by atoms with Gasteiger partial charge in [0.1, 0.15) is 18.0 Å². The molecule has 6 heteroatoms. The molecule has 0 amide bonds. The quantitative estimate of drug-likeness (QED) is 0.448. The van der Waals surface area contributed by atoms with Gasteiger partial charge >= 0.3 is 0 Å². The van der Waals surface area contributed by atoms with Crippen molar-refractivity contribution in [3.8, 4) is 0 Å². The molecule has 0 bridgehead atoms. The summed E-state index contributed by atoms with van der Waals surface area (Å²) in [5.74, 6) is 7.12. The second-order valence-corrected chi connectivity index (χ2v) is 4.80. The second kappa shape index (κ2) is 9.50. The fraction of sp³-hybridized carbons (Fsp3) is 0.714. The summed E-state index contributed by atoms with van der Waals surface area (Å²) in [7, 11) is 0. The fourth-order valence-corrected chi connectivity index (χ4v) is 2.25. The summed E-state index contributed by atoms with van der Waals surface area (Å²) in [5.41, 5.74) is 3.72. The Morgan fingerprint density at radius 3 is 2.45 bits per heavy atom. The lowest BCUT2D eigenvalue weighted by Gasteiger charge is -2.20. The van der Waals surface area contributed by atoms with Crippen LogP contribution in [0, 0.1) is 0 Å². The van der Waals surface area contributed by atoms with E-state index < -0.39 is 0 Å². The van der Waals surface area contributed by atoms with Gasteiger partial charge in [-0.1, -0.05) is 27.2 Å². The van der Waals surface area contributed by atoms with Crippen molar-refractivity contribution < 1.29 is 0 Å². The zero-order valence-corrected chi connectivity index (χ0v) is 12.9. The van der Waals surface area contributed by atoms with Crippen LogP contribution >= 0.6 is 0 Å². The first kappa shape index (κ1) is 16.7. The Labute approximate surface area is 122 Å². The number of nitrogens with two attached hydrogens (primary N) is 1. The Hall–Kier alpha value is -1.40. The minimum atomic E-state index is 0.713. The standard InChI is InChI=1S/C14H28N6/c1-4-7-12-13(17-11-18-14(12)19-15)16-8-10-20(6-3)9-5-2/h11H,4-10,15H2,1-3H3,(H2,16,17,18,19). The second-order valence-electron chi connectivity index (χ2n) is 4.80. The number of rotatable bonds is 10. The van der Waals surface area contributed by atoms with Crippen molar-refractivity contribution in [2.24, 2.45) is 5.84 Å². The molecule has 0 aliphatic rings. The summed E-state index contributed by atoms with van der Waals surface area (Å²) < 4.78 is 0. The summed E-state index contributed by atoms with van der Waals surface area (Å²) in [6.07, 6.45) is 4.67. The van der Waals surface area contributed by atoms with Crippen molar-refractivity contribution in [2.45, 2.75) is 40.0 Å². The fourth-order valence-electron chi connectivity index (χ4n) is 2.25. The zero-order valence-electron chi connectivity index (χ0n) is 12.9. The lowest BCUT2D eigenvalue weighted by molar-refractivity contribution is 0.300. The Morgan fingerprint density at radius 2 is 1.85 bits per heavy atom. The van der Waals surface area contributed by atoms with Crippen molar-refractivity contribution in [3.63, 3.8) is 0 Å². The number of hydrazine groups is 1. The van der Waals surface area contributed by atoms with Gasteiger partial charge in [0.2, 0.25) is 0 Å². The van der Waals surface area contributed by atoms with Crippen LogP contribution in [-0.2, 0) is 6.42 Å². The predicted octanol–water partition coefficient (Wildman–Crippen LogP) is 1.86. The Bertz CT molecular complexity index is 382. The monoisotopic (exact) mass is 280 g/mol. The maximum absolute atomic E-state index is 5.51. The molecule has 1 heterocycles. The normalized spacial score (nSPS) is 10.8. The molecular formula is C14H28N6. The van der Waals surface area contributed by atoms with Crippen LogP contribution in [0.4, 0.5) is 11.6 Å². The molecule has 0 fully saturated rings. The third-order valence-electron chi connectivity index (χ3n) is 3.29. The lowest BCUT2D eigenvalue weighted by Crippen LogP contribution is -2.30. The topological polar surface area (TPSA) is 79.1 Å². The number of anilines is 2.